The molecule has 0 amide bonds. The summed E-state index contributed by atoms with van der Waals surface area (Å²) in [7, 11) is 0. The van der Waals surface area contributed by atoms with E-state index in [1.807, 2.05) is 0 Å². The Bertz CT molecular complexity index is 614. The number of aryl methyl sites for hydroxylation is 1. The number of ether oxygens (including phenoxy) is 1. The number of halogens is 3. The van der Waals surface area contributed by atoms with Gasteiger partial charge in [0.05, 0.1) is 6.20 Å². The molecule has 2 aromatic heterocycles. The van der Waals surface area contributed by atoms with Crippen molar-refractivity contribution in [2.24, 2.45) is 0 Å². The van der Waals surface area contributed by atoms with Crippen molar-refractivity contribution in [2.75, 3.05) is 11.9 Å². The Morgan fingerprint density at radius 2 is 2.00 bits per heavy atom. The molecule has 8 heteroatoms. The standard InChI is InChI=1S/C13H13F3N4O/c1-3-17-10-6-11(20-12(19-10)13(14,15)16)21-9-5-4-8(2)18-7-9/h4-7H,3H2,1-2H3,(H,17,19,20). The zero-order valence-corrected chi connectivity index (χ0v) is 11.4. The highest BCUT2D eigenvalue weighted by molar-refractivity contribution is 5.40. The van der Waals surface area contributed by atoms with E-state index >= 15 is 0 Å². The molecule has 0 aliphatic heterocycles. The first-order valence-electron chi connectivity index (χ1n) is 6.19. The van der Waals surface area contributed by atoms with Crippen molar-refractivity contribution in [1.82, 2.24) is 15.0 Å². The van der Waals surface area contributed by atoms with Crippen LogP contribution in [0.15, 0.2) is 24.4 Å². The lowest BCUT2D eigenvalue weighted by Crippen LogP contribution is -2.13. The van der Waals surface area contributed by atoms with Gasteiger partial charge in [0.2, 0.25) is 11.7 Å². The monoisotopic (exact) mass is 298 g/mol. The molecule has 112 valence electrons. The summed E-state index contributed by atoms with van der Waals surface area (Å²) >= 11 is 0. The van der Waals surface area contributed by atoms with E-state index in [2.05, 4.69) is 20.3 Å². The van der Waals surface area contributed by atoms with Crippen LogP contribution in [-0.4, -0.2) is 21.5 Å². The fourth-order valence-electron chi connectivity index (χ4n) is 1.51. The van der Waals surface area contributed by atoms with Gasteiger partial charge in [-0.15, -0.1) is 0 Å². The summed E-state index contributed by atoms with van der Waals surface area (Å²) in [6.07, 6.45) is -3.23. The van der Waals surface area contributed by atoms with E-state index in [9.17, 15) is 13.2 Å². The van der Waals surface area contributed by atoms with Gasteiger partial charge >= 0.3 is 6.18 Å². The summed E-state index contributed by atoms with van der Waals surface area (Å²) in [6.45, 7) is 3.97. The molecule has 21 heavy (non-hydrogen) atoms. The van der Waals surface area contributed by atoms with Crippen molar-refractivity contribution < 1.29 is 17.9 Å². The van der Waals surface area contributed by atoms with Crippen molar-refractivity contribution >= 4 is 5.82 Å². The Balaban J connectivity index is 2.33. The van der Waals surface area contributed by atoms with Gasteiger partial charge in [0, 0.05) is 18.3 Å². The summed E-state index contributed by atoms with van der Waals surface area (Å²) < 4.78 is 43.6. The van der Waals surface area contributed by atoms with Gasteiger partial charge in [0.15, 0.2) is 0 Å². The van der Waals surface area contributed by atoms with Crippen LogP contribution in [0.2, 0.25) is 0 Å². The third-order valence-electron chi connectivity index (χ3n) is 2.42. The second kappa shape index (κ2) is 5.94. The van der Waals surface area contributed by atoms with E-state index in [4.69, 9.17) is 4.74 Å². The number of anilines is 1. The third-order valence-corrected chi connectivity index (χ3v) is 2.42. The summed E-state index contributed by atoms with van der Waals surface area (Å²) in [6, 6.07) is 4.59. The molecule has 1 N–H and O–H groups in total. The van der Waals surface area contributed by atoms with Gasteiger partial charge in [-0.2, -0.15) is 18.2 Å². The lowest BCUT2D eigenvalue weighted by atomic mass is 10.4. The molecule has 5 nitrogen and oxygen atoms in total. The predicted octanol–water partition coefficient (Wildman–Crippen LogP) is 3.42. The van der Waals surface area contributed by atoms with Gasteiger partial charge in [0.1, 0.15) is 11.6 Å². The van der Waals surface area contributed by atoms with Crippen LogP contribution in [0, 0.1) is 6.92 Å². The molecule has 0 saturated carbocycles. The maximum Gasteiger partial charge on any atom is 0.451 e. The Morgan fingerprint density at radius 3 is 2.57 bits per heavy atom. The van der Waals surface area contributed by atoms with Gasteiger partial charge in [-0.1, -0.05) is 0 Å². The summed E-state index contributed by atoms with van der Waals surface area (Å²) in [5.41, 5.74) is 0.773. The largest absolute Gasteiger partial charge is 0.451 e. The van der Waals surface area contributed by atoms with Crippen LogP contribution >= 0.6 is 0 Å². The molecule has 0 aliphatic rings. The van der Waals surface area contributed by atoms with Gasteiger partial charge in [-0.05, 0) is 26.0 Å². The highest BCUT2D eigenvalue weighted by Gasteiger charge is 2.35. The number of nitrogens with one attached hydrogen (secondary N) is 1. The molecule has 0 aromatic carbocycles. The molecule has 0 aliphatic carbocycles. The number of hydrogen-bond acceptors (Lipinski definition) is 5. The highest BCUT2D eigenvalue weighted by atomic mass is 19.4. The molecule has 2 rings (SSSR count). The van der Waals surface area contributed by atoms with Gasteiger partial charge in [0.25, 0.3) is 0 Å². The predicted molar refractivity (Wildman–Crippen MR) is 70.2 cm³/mol. The van der Waals surface area contributed by atoms with E-state index in [0.717, 1.165) is 5.69 Å². The number of hydrogen-bond donors (Lipinski definition) is 1. The molecular formula is C13H13F3N4O. The number of alkyl halides is 3. The quantitative estimate of drug-likeness (QED) is 0.937. The summed E-state index contributed by atoms with van der Waals surface area (Å²) in [4.78, 5) is 10.8. The maximum absolute atomic E-state index is 12.8. The van der Waals surface area contributed by atoms with Crippen LogP contribution in [0.5, 0.6) is 11.6 Å². The smallest absolute Gasteiger partial charge is 0.437 e. The van der Waals surface area contributed by atoms with E-state index in [0.29, 0.717) is 12.3 Å². The van der Waals surface area contributed by atoms with E-state index in [1.54, 1.807) is 26.0 Å². The van der Waals surface area contributed by atoms with Gasteiger partial charge < -0.3 is 10.1 Å². The second-order valence-electron chi connectivity index (χ2n) is 4.18. The van der Waals surface area contributed by atoms with Crippen LogP contribution in [0.3, 0.4) is 0 Å². The van der Waals surface area contributed by atoms with E-state index in [-0.39, 0.29) is 11.7 Å². The lowest BCUT2D eigenvalue weighted by molar-refractivity contribution is -0.145. The molecule has 0 spiro atoms. The molecular weight excluding hydrogens is 285 g/mol. The second-order valence-corrected chi connectivity index (χ2v) is 4.18. The molecule has 0 fully saturated rings. The zero-order chi connectivity index (χ0) is 15.5. The van der Waals surface area contributed by atoms with Crippen LogP contribution in [0.1, 0.15) is 18.4 Å². The lowest BCUT2D eigenvalue weighted by Gasteiger charge is -2.11. The van der Waals surface area contributed by atoms with E-state index in [1.165, 1.54) is 12.3 Å². The summed E-state index contributed by atoms with van der Waals surface area (Å²) in [5.74, 6) is -1.10. The Labute approximate surface area is 119 Å². The maximum atomic E-state index is 12.8. The van der Waals surface area contributed by atoms with Crippen molar-refractivity contribution in [3.8, 4) is 11.6 Å². The van der Waals surface area contributed by atoms with Gasteiger partial charge in [-0.25, -0.2) is 4.98 Å². The van der Waals surface area contributed by atoms with Crippen molar-refractivity contribution in [3.63, 3.8) is 0 Å². The van der Waals surface area contributed by atoms with E-state index < -0.39 is 12.0 Å². The third kappa shape index (κ3) is 4.04. The Morgan fingerprint density at radius 1 is 1.24 bits per heavy atom. The molecule has 0 saturated heterocycles. The minimum absolute atomic E-state index is 0.0508. The average Bonchev–Trinajstić information content (AvgIpc) is 2.41. The minimum Gasteiger partial charge on any atom is -0.437 e. The normalized spacial score (nSPS) is 11.3. The summed E-state index contributed by atoms with van der Waals surface area (Å²) in [5, 5.41) is 2.71. The Kier molecular flexibility index (Phi) is 4.25. The van der Waals surface area contributed by atoms with Crippen molar-refractivity contribution in [2.45, 2.75) is 20.0 Å². The van der Waals surface area contributed by atoms with Gasteiger partial charge in [-0.3, -0.25) is 4.98 Å². The zero-order valence-electron chi connectivity index (χ0n) is 11.4. The topological polar surface area (TPSA) is 59.9 Å². The Hall–Kier alpha value is -2.38. The fourth-order valence-corrected chi connectivity index (χ4v) is 1.51. The van der Waals surface area contributed by atoms with Crippen LogP contribution in [0.4, 0.5) is 19.0 Å². The fraction of sp³-hybridized carbons (Fsp3) is 0.308. The molecule has 0 radical (unpaired) electrons. The molecule has 0 unspecified atom stereocenters. The van der Waals surface area contributed by atoms with Crippen LogP contribution in [-0.2, 0) is 6.18 Å². The number of aromatic nitrogens is 3. The number of nitrogens with zero attached hydrogens (tertiary/aromatic N) is 3. The first-order valence-corrected chi connectivity index (χ1v) is 6.19. The highest BCUT2D eigenvalue weighted by Crippen LogP contribution is 2.30. The first kappa shape index (κ1) is 15.0. The molecule has 0 bridgehead atoms. The first-order chi connectivity index (χ1) is 9.88. The molecule has 2 aromatic rings. The van der Waals surface area contributed by atoms with Crippen LogP contribution < -0.4 is 10.1 Å². The number of rotatable bonds is 4. The SMILES string of the molecule is CCNc1cc(Oc2ccc(C)nc2)nc(C(F)(F)F)n1. The molecule has 0 atom stereocenters. The average molecular weight is 298 g/mol. The minimum atomic E-state index is -4.64. The number of pyridine rings is 1. The van der Waals surface area contributed by atoms with Crippen molar-refractivity contribution in [1.29, 1.82) is 0 Å². The van der Waals surface area contributed by atoms with Crippen molar-refractivity contribution in [3.05, 3.63) is 35.9 Å². The van der Waals surface area contributed by atoms with Crippen LogP contribution in [0.25, 0.3) is 0 Å². The molecule has 2 heterocycles.